The van der Waals surface area contributed by atoms with Gasteiger partial charge in [0.05, 0.1) is 17.0 Å². The topological polar surface area (TPSA) is 82.0 Å². The first kappa shape index (κ1) is 23.9. The van der Waals surface area contributed by atoms with E-state index in [-0.39, 0.29) is 24.2 Å². The number of anilines is 1. The maximum atomic E-state index is 13.4. The molecule has 0 radical (unpaired) electrons. The van der Waals surface area contributed by atoms with E-state index >= 15 is 0 Å². The summed E-state index contributed by atoms with van der Waals surface area (Å²) < 4.78 is 40.3. The van der Waals surface area contributed by atoms with Crippen LogP contribution in [0.25, 0.3) is 0 Å². The van der Waals surface area contributed by atoms with E-state index in [0.29, 0.717) is 11.5 Å². The number of alkyl halides is 3. The Morgan fingerprint density at radius 1 is 1.21 bits per heavy atom. The van der Waals surface area contributed by atoms with Crippen LogP contribution in [0.3, 0.4) is 0 Å². The maximum absolute atomic E-state index is 13.4. The lowest BCUT2D eigenvalue weighted by molar-refractivity contribution is -0.118. The summed E-state index contributed by atoms with van der Waals surface area (Å²) in [6.07, 6.45) is 1.85. The highest BCUT2D eigenvalue weighted by molar-refractivity contribution is 5.99. The smallest absolute Gasteiger partial charge is 0.324 e. The van der Waals surface area contributed by atoms with Gasteiger partial charge in [0, 0.05) is 36.5 Å². The van der Waals surface area contributed by atoms with Gasteiger partial charge in [-0.2, -0.15) is 13.2 Å². The van der Waals surface area contributed by atoms with Gasteiger partial charge in [0.25, 0.3) is 0 Å². The predicted octanol–water partition coefficient (Wildman–Crippen LogP) is 3.70. The van der Waals surface area contributed by atoms with Crippen molar-refractivity contribution in [3.8, 4) is 0 Å². The van der Waals surface area contributed by atoms with Gasteiger partial charge in [0.2, 0.25) is 5.96 Å². The summed E-state index contributed by atoms with van der Waals surface area (Å²) in [5.41, 5.74) is 1.11. The number of hydrogen-bond acceptors (Lipinski definition) is 7. The molecule has 1 saturated carbocycles. The van der Waals surface area contributed by atoms with Crippen molar-refractivity contribution in [3.05, 3.63) is 58.6 Å². The molecule has 1 aromatic rings. The van der Waals surface area contributed by atoms with Crippen LogP contribution in [0.2, 0.25) is 0 Å². The fourth-order valence-corrected chi connectivity index (χ4v) is 4.24. The number of ketones is 1. The van der Waals surface area contributed by atoms with Crippen LogP contribution in [-0.4, -0.2) is 60.3 Å². The van der Waals surface area contributed by atoms with Crippen molar-refractivity contribution in [2.45, 2.75) is 44.4 Å². The van der Waals surface area contributed by atoms with Gasteiger partial charge in [0.1, 0.15) is 5.78 Å². The average molecular weight is 473 g/mol. The molecule has 34 heavy (non-hydrogen) atoms. The van der Waals surface area contributed by atoms with Crippen LogP contribution in [0, 0.1) is 6.92 Å². The SMILES string of the molecule is Cc1nc(CCCN(C)C)ccc1NC1=NC=C2CC(=O)CC3=CC(C(F)(F)F)=CC=NC23N1. The van der Waals surface area contributed by atoms with Crippen LogP contribution < -0.4 is 10.6 Å². The van der Waals surface area contributed by atoms with E-state index < -0.39 is 17.4 Å². The summed E-state index contributed by atoms with van der Waals surface area (Å²) in [6.45, 7) is 2.86. The van der Waals surface area contributed by atoms with Crippen LogP contribution in [0.4, 0.5) is 18.9 Å². The summed E-state index contributed by atoms with van der Waals surface area (Å²) in [6, 6.07) is 3.86. The van der Waals surface area contributed by atoms with Crippen LogP contribution in [0.5, 0.6) is 0 Å². The Labute approximate surface area is 196 Å². The summed E-state index contributed by atoms with van der Waals surface area (Å²) in [5.74, 6) is 0.145. The number of rotatable bonds is 5. The Bertz CT molecular complexity index is 1150. The summed E-state index contributed by atoms with van der Waals surface area (Å²) in [7, 11) is 4.06. The molecule has 0 aromatic carbocycles. The van der Waals surface area contributed by atoms with Gasteiger partial charge in [0.15, 0.2) is 5.66 Å². The minimum Gasteiger partial charge on any atom is -0.324 e. The van der Waals surface area contributed by atoms with E-state index in [1.807, 2.05) is 33.2 Å². The number of hydrogen-bond donors (Lipinski definition) is 2. The van der Waals surface area contributed by atoms with E-state index in [4.69, 9.17) is 0 Å². The van der Waals surface area contributed by atoms with E-state index in [9.17, 15) is 18.0 Å². The lowest BCUT2D eigenvalue weighted by atomic mass is 9.78. The Kier molecular flexibility index (Phi) is 6.44. The lowest BCUT2D eigenvalue weighted by Gasteiger charge is -2.41. The molecule has 0 saturated heterocycles. The molecule has 4 rings (SSSR count). The second kappa shape index (κ2) is 9.17. The van der Waals surface area contributed by atoms with Gasteiger partial charge in [-0.05, 0) is 70.3 Å². The molecule has 180 valence electrons. The molecule has 1 aromatic heterocycles. The number of carbonyl (C=O) groups excluding carboxylic acids is 1. The molecule has 3 heterocycles. The third-order valence-electron chi connectivity index (χ3n) is 5.97. The van der Waals surface area contributed by atoms with Gasteiger partial charge >= 0.3 is 6.18 Å². The van der Waals surface area contributed by atoms with Crippen molar-refractivity contribution in [2.24, 2.45) is 9.98 Å². The number of aliphatic imine (C=N–C) groups is 2. The monoisotopic (exact) mass is 472 g/mol. The Morgan fingerprint density at radius 2 is 1.97 bits per heavy atom. The second-order valence-corrected chi connectivity index (χ2v) is 8.89. The summed E-state index contributed by atoms with van der Waals surface area (Å²) >= 11 is 0. The number of halogens is 3. The van der Waals surface area contributed by atoms with Crippen LogP contribution in [0.15, 0.2) is 57.2 Å². The molecular formula is C24H27F3N6O. The van der Waals surface area contributed by atoms with Gasteiger partial charge in [-0.1, -0.05) is 0 Å². The Hall–Kier alpha value is -3.27. The number of aryl methyl sites for hydroxylation is 2. The second-order valence-electron chi connectivity index (χ2n) is 8.89. The summed E-state index contributed by atoms with van der Waals surface area (Å²) in [5, 5.41) is 6.34. The van der Waals surface area contributed by atoms with Crippen molar-refractivity contribution < 1.29 is 18.0 Å². The fraction of sp³-hybridized carbons (Fsp3) is 0.417. The van der Waals surface area contributed by atoms with E-state index in [1.165, 1.54) is 6.20 Å². The number of carbonyl (C=O) groups is 1. The molecule has 1 aliphatic carbocycles. The number of nitrogens with one attached hydrogen (secondary N) is 2. The first-order chi connectivity index (χ1) is 16.1. The first-order valence-corrected chi connectivity index (χ1v) is 11.1. The van der Waals surface area contributed by atoms with Gasteiger partial charge < -0.3 is 15.5 Å². The van der Waals surface area contributed by atoms with Gasteiger partial charge in [-0.15, -0.1) is 0 Å². The van der Waals surface area contributed by atoms with Crippen molar-refractivity contribution in [3.63, 3.8) is 0 Å². The molecule has 2 N–H and O–H groups in total. The zero-order valence-corrected chi connectivity index (χ0v) is 19.3. The number of nitrogens with zero attached hydrogens (tertiary/aromatic N) is 4. The van der Waals surface area contributed by atoms with Crippen LogP contribution in [-0.2, 0) is 11.2 Å². The highest BCUT2D eigenvalue weighted by Crippen LogP contribution is 2.42. The predicted molar refractivity (Wildman–Crippen MR) is 126 cm³/mol. The highest BCUT2D eigenvalue weighted by Gasteiger charge is 2.47. The van der Waals surface area contributed by atoms with Crippen molar-refractivity contribution in [2.75, 3.05) is 26.0 Å². The van der Waals surface area contributed by atoms with E-state index in [0.717, 1.165) is 54.8 Å². The molecular weight excluding hydrogens is 445 g/mol. The average Bonchev–Trinajstić information content (AvgIpc) is 2.93. The minimum atomic E-state index is -4.55. The van der Waals surface area contributed by atoms with Crippen LogP contribution in [0.1, 0.15) is 30.7 Å². The van der Waals surface area contributed by atoms with Crippen LogP contribution >= 0.6 is 0 Å². The Balaban J connectivity index is 1.57. The quantitative estimate of drug-likeness (QED) is 0.683. The minimum absolute atomic E-state index is 0.0715. The van der Waals surface area contributed by atoms with E-state index in [1.54, 1.807) is 0 Å². The molecule has 3 aliphatic rings. The normalized spacial score (nSPS) is 22.0. The van der Waals surface area contributed by atoms with Crippen molar-refractivity contribution >= 4 is 23.6 Å². The number of Topliss-reactive ketones (excluding diaryl/α,β-unsaturated/α-hetero) is 1. The number of pyridine rings is 1. The molecule has 0 amide bonds. The molecule has 0 bridgehead atoms. The number of allylic oxidation sites excluding steroid dienone is 3. The van der Waals surface area contributed by atoms with Crippen molar-refractivity contribution in [1.29, 1.82) is 0 Å². The first-order valence-electron chi connectivity index (χ1n) is 11.1. The zero-order valence-electron chi connectivity index (χ0n) is 19.3. The summed E-state index contributed by atoms with van der Waals surface area (Å²) in [4.78, 5) is 27.8. The molecule has 7 nitrogen and oxygen atoms in total. The Morgan fingerprint density at radius 3 is 2.68 bits per heavy atom. The van der Waals surface area contributed by atoms with Gasteiger partial charge in [-0.25, -0.2) is 4.99 Å². The molecule has 1 spiro atoms. The molecule has 2 aliphatic heterocycles. The molecule has 1 fully saturated rings. The van der Waals surface area contributed by atoms with Gasteiger partial charge in [-0.3, -0.25) is 14.8 Å². The number of guanidine groups is 1. The molecule has 1 unspecified atom stereocenters. The maximum Gasteiger partial charge on any atom is 0.416 e. The largest absolute Gasteiger partial charge is 0.416 e. The lowest BCUT2D eigenvalue weighted by Crippen LogP contribution is -2.56. The molecule has 1 atom stereocenters. The molecule has 10 heteroatoms. The van der Waals surface area contributed by atoms with Crippen molar-refractivity contribution in [1.82, 2.24) is 15.2 Å². The fourth-order valence-electron chi connectivity index (χ4n) is 4.24. The number of aromatic nitrogens is 1. The third-order valence-corrected chi connectivity index (χ3v) is 5.97. The zero-order chi connectivity index (χ0) is 24.5. The van der Waals surface area contributed by atoms with E-state index in [2.05, 4.69) is 30.5 Å². The highest BCUT2D eigenvalue weighted by atomic mass is 19.4. The standard InChI is InChI=1S/C24H27F3N6O/c1-15-21(7-6-19(30-15)5-4-10-33(2)3)31-22-28-14-18-13-20(34)12-17-11-16(24(25,26)27)8-9-29-23(17,18)32-22/h6-9,11,14H,4-5,10,12-13H2,1-3H3,(H2,28,31,32). The third kappa shape index (κ3) is 4.96.